The average molecular weight is 680 g/mol. The van der Waals surface area contributed by atoms with Gasteiger partial charge in [-0.1, -0.05) is 81.0 Å². The Morgan fingerprint density at radius 2 is 0.889 bits per heavy atom. The van der Waals surface area contributed by atoms with E-state index in [-0.39, 0.29) is 13.2 Å². The molecular formula is C34H26Cl4N4O3. The summed E-state index contributed by atoms with van der Waals surface area (Å²) in [6.45, 7) is 1.68. The van der Waals surface area contributed by atoms with Crippen molar-refractivity contribution in [3.05, 3.63) is 140 Å². The first-order chi connectivity index (χ1) is 21.9. The highest BCUT2D eigenvalue weighted by Crippen LogP contribution is 2.26. The molecule has 0 aliphatic heterocycles. The molecule has 7 nitrogen and oxygen atoms in total. The molecule has 6 rings (SSSR count). The number of ether oxygens (including phenoxy) is 1. The second kappa shape index (κ2) is 14.4. The molecule has 0 bridgehead atoms. The molecule has 0 saturated heterocycles. The van der Waals surface area contributed by atoms with Gasteiger partial charge < -0.3 is 24.4 Å². The van der Waals surface area contributed by atoms with Crippen LogP contribution in [-0.2, 0) is 31.0 Å². The second-order valence-electron chi connectivity index (χ2n) is 10.3. The predicted molar refractivity (Wildman–Crippen MR) is 180 cm³/mol. The summed E-state index contributed by atoms with van der Waals surface area (Å²) in [6, 6.07) is 30.5. The van der Waals surface area contributed by atoms with Gasteiger partial charge in [0.1, 0.15) is 24.6 Å². The van der Waals surface area contributed by atoms with Crippen molar-refractivity contribution in [2.75, 3.05) is 10.6 Å². The molecular weight excluding hydrogens is 654 g/mol. The smallest absolute Gasteiger partial charge is 0.163 e. The monoisotopic (exact) mass is 678 g/mol. The molecule has 0 amide bonds. The SMILES string of the molecule is Clc1cc(Cl)cc(CNc2ccc(-c3cc(COCc4cc(-c5ccc(NCc6cc(Cl)cc(Cl)c6)cc5)no4)on3)cc2)c1. The first-order valence-corrected chi connectivity index (χ1v) is 15.4. The van der Waals surface area contributed by atoms with Crippen LogP contribution in [0.25, 0.3) is 22.5 Å². The van der Waals surface area contributed by atoms with Gasteiger partial charge in [-0.05, 0) is 71.8 Å². The normalized spacial score (nSPS) is 11.1. The Hall–Kier alpha value is -3.98. The quantitative estimate of drug-likeness (QED) is 0.133. The standard InChI is InChI=1S/C34H26Cl4N4O3/c35-25-9-21(10-26(36)13-25)17-39-29-5-1-23(2-6-29)33-15-31(44-41-33)19-43-20-32-16-34(42-45-32)24-3-7-30(8-4-24)40-18-22-11-27(37)14-28(38)12-22/h1-16,39-40H,17-20H2. The fourth-order valence-electron chi connectivity index (χ4n) is 4.64. The van der Waals surface area contributed by atoms with Crippen molar-refractivity contribution in [2.24, 2.45) is 0 Å². The van der Waals surface area contributed by atoms with Crippen LogP contribution in [0.15, 0.2) is 106 Å². The van der Waals surface area contributed by atoms with E-state index >= 15 is 0 Å². The average Bonchev–Trinajstić information content (AvgIpc) is 3.69. The predicted octanol–water partition coefficient (Wildman–Crippen LogP) is 10.6. The van der Waals surface area contributed by atoms with Crippen LogP contribution in [-0.4, -0.2) is 10.3 Å². The maximum atomic E-state index is 6.09. The van der Waals surface area contributed by atoms with Crippen LogP contribution < -0.4 is 10.6 Å². The second-order valence-corrected chi connectivity index (χ2v) is 12.0. The maximum absolute atomic E-state index is 6.09. The van der Waals surface area contributed by atoms with Gasteiger partial charge in [-0.2, -0.15) is 0 Å². The van der Waals surface area contributed by atoms with Crippen molar-refractivity contribution in [1.82, 2.24) is 10.3 Å². The van der Waals surface area contributed by atoms with Gasteiger partial charge in [-0.15, -0.1) is 0 Å². The molecule has 0 aliphatic rings. The first-order valence-electron chi connectivity index (χ1n) is 13.9. The van der Waals surface area contributed by atoms with Crippen molar-refractivity contribution < 1.29 is 13.8 Å². The van der Waals surface area contributed by atoms with E-state index in [1.807, 2.05) is 84.9 Å². The van der Waals surface area contributed by atoms with E-state index in [0.29, 0.717) is 44.7 Å². The summed E-state index contributed by atoms with van der Waals surface area (Å²) in [4.78, 5) is 0. The van der Waals surface area contributed by atoms with Gasteiger partial charge in [-0.3, -0.25) is 0 Å². The van der Waals surface area contributed by atoms with E-state index in [2.05, 4.69) is 20.9 Å². The van der Waals surface area contributed by atoms with Crippen molar-refractivity contribution in [2.45, 2.75) is 26.3 Å². The zero-order chi connectivity index (χ0) is 31.2. The first kappa shape index (κ1) is 31.0. The number of aromatic nitrogens is 2. The molecule has 0 fully saturated rings. The van der Waals surface area contributed by atoms with Gasteiger partial charge in [0.25, 0.3) is 0 Å². The minimum absolute atomic E-state index is 0.239. The molecule has 2 N–H and O–H groups in total. The van der Waals surface area contributed by atoms with Crippen LogP contribution in [0.3, 0.4) is 0 Å². The number of nitrogens with one attached hydrogen (secondary N) is 2. The Morgan fingerprint density at radius 1 is 0.511 bits per heavy atom. The van der Waals surface area contributed by atoms with E-state index < -0.39 is 0 Å². The molecule has 0 saturated carbocycles. The lowest BCUT2D eigenvalue weighted by atomic mass is 10.1. The minimum Gasteiger partial charge on any atom is -0.381 e. The van der Waals surface area contributed by atoms with Crippen molar-refractivity contribution in [1.29, 1.82) is 0 Å². The maximum Gasteiger partial charge on any atom is 0.163 e. The molecule has 0 aliphatic carbocycles. The van der Waals surface area contributed by atoms with Gasteiger partial charge in [0, 0.05) is 67.8 Å². The summed E-state index contributed by atoms with van der Waals surface area (Å²) in [5.41, 5.74) is 7.21. The third-order valence-electron chi connectivity index (χ3n) is 6.81. The molecule has 2 heterocycles. The summed E-state index contributed by atoms with van der Waals surface area (Å²) in [7, 11) is 0. The molecule has 2 aromatic heterocycles. The Bertz CT molecular complexity index is 1710. The van der Waals surface area contributed by atoms with E-state index in [4.69, 9.17) is 60.2 Å². The highest BCUT2D eigenvalue weighted by molar-refractivity contribution is 6.35. The van der Waals surface area contributed by atoms with Crippen LogP contribution in [0, 0.1) is 0 Å². The number of nitrogens with zero attached hydrogens (tertiary/aromatic N) is 2. The molecule has 0 unspecified atom stereocenters. The zero-order valence-electron chi connectivity index (χ0n) is 23.7. The van der Waals surface area contributed by atoms with Crippen LogP contribution in [0.2, 0.25) is 20.1 Å². The van der Waals surface area contributed by atoms with Crippen molar-refractivity contribution in [3.8, 4) is 22.5 Å². The lowest BCUT2D eigenvalue weighted by Gasteiger charge is -2.08. The van der Waals surface area contributed by atoms with Crippen LogP contribution in [0.4, 0.5) is 11.4 Å². The van der Waals surface area contributed by atoms with Gasteiger partial charge in [0.15, 0.2) is 11.5 Å². The number of hydrogen-bond donors (Lipinski definition) is 2. The topological polar surface area (TPSA) is 85.4 Å². The summed E-state index contributed by atoms with van der Waals surface area (Å²) in [6.07, 6.45) is 0. The van der Waals surface area contributed by atoms with Gasteiger partial charge >= 0.3 is 0 Å². The highest BCUT2D eigenvalue weighted by atomic mass is 35.5. The molecule has 0 radical (unpaired) electrons. The number of benzene rings is 4. The molecule has 0 spiro atoms. The fraction of sp³-hybridized carbons (Fsp3) is 0.118. The third kappa shape index (κ3) is 8.60. The minimum atomic E-state index is 0.239. The third-order valence-corrected chi connectivity index (χ3v) is 7.68. The summed E-state index contributed by atoms with van der Waals surface area (Å²) in [5.74, 6) is 1.21. The van der Waals surface area contributed by atoms with E-state index in [0.717, 1.165) is 45.0 Å². The summed E-state index contributed by atoms with van der Waals surface area (Å²) >= 11 is 24.4. The molecule has 6 aromatic rings. The van der Waals surface area contributed by atoms with Gasteiger partial charge in [-0.25, -0.2) is 0 Å². The van der Waals surface area contributed by atoms with Crippen molar-refractivity contribution >= 4 is 57.8 Å². The zero-order valence-corrected chi connectivity index (χ0v) is 26.7. The summed E-state index contributed by atoms with van der Waals surface area (Å²) < 4.78 is 16.8. The highest BCUT2D eigenvalue weighted by Gasteiger charge is 2.11. The summed E-state index contributed by atoms with van der Waals surface area (Å²) in [5, 5.41) is 17.5. The van der Waals surface area contributed by atoms with E-state index in [1.54, 1.807) is 12.1 Å². The number of anilines is 2. The van der Waals surface area contributed by atoms with Gasteiger partial charge in [0.05, 0.1) is 0 Å². The van der Waals surface area contributed by atoms with Gasteiger partial charge in [0.2, 0.25) is 0 Å². The Balaban J connectivity index is 0.964. The van der Waals surface area contributed by atoms with Crippen LogP contribution in [0.5, 0.6) is 0 Å². The van der Waals surface area contributed by atoms with E-state index in [9.17, 15) is 0 Å². The number of halogens is 4. The largest absolute Gasteiger partial charge is 0.381 e. The van der Waals surface area contributed by atoms with Crippen LogP contribution in [0.1, 0.15) is 22.6 Å². The molecule has 0 atom stereocenters. The van der Waals surface area contributed by atoms with Crippen molar-refractivity contribution in [3.63, 3.8) is 0 Å². The molecule has 45 heavy (non-hydrogen) atoms. The van der Waals surface area contributed by atoms with Crippen LogP contribution >= 0.6 is 46.4 Å². The number of rotatable bonds is 12. The number of hydrogen-bond acceptors (Lipinski definition) is 7. The lowest BCUT2D eigenvalue weighted by Crippen LogP contribution is -1.99. The van der Waals surface area contributed by atoms with E-state index in [1.165, 1.54) is 0 Å². The molecule has 4 aromatic carbocycles. The Morgan fingerprint density at radius 3 is 1.27 bits per heavy atom. The fourth-order valence-corrected chi connectivity index (χ4v) is 5.78. The molecule has 11 heteroatoms. The molecule has 228 valence electrons. The Kier molecular flexibility index (Phi) is 9.94. The Labute approximate surface area is 280 Å². The lowest BCUT2D eigenvalue weighted by molar-refractivity contribution is 0.0727.